The lowest BCUT2D eigenvalue weighted by Gasteiger charge is -2.45. The Morgan fingerprint density at radius 3 is 2.44 bits per heavy atom. The maximum atomic E-state index is 6.53. The van der Waals surface area contributed by atoms with Crippen LogP contribution in [0, 0.1) is 0 Å². The van der Waals surface area contributed by atoms with Crippen molar-refractivity contribution in [3.63, 3.8) is 0 Å². The number of nitrogens with two attached hydrogens (primary N) is 1. The fraction of sp³-hybridized carbons (Fsp3) is 0.714. The molecule has 4 nitrogen and oxygen atoms in total. The van der Waals surface area contributed by atoms with Gasteiger partial charge in [-0.1, -0.05) is 13.8 Å². The third kappa shape index (κ3) is 2.27. The molecule has 0 bridgehead atoms. The lowest BCUT2D eigenvalue weighted by molar-refractivity contribution is 0.0751. The van der Waals surface area contributed by atoms with Gasteiger partial charge < -0.3 is 5.73 Å². The van der Waals surface area contributed by atoms with Gasteiger partial charge in [0.05, 0.1) is 17.9 Å². The van der Waals surface area contributed by atoms with Gasteiger partial charge in [0, 0.05) is 17.9 Å². The summed E-state index contributed by atoms with van der Waals surface area (Å²) >= 11 is 0. The molecule has 4 heteroatoms. The molecular formula is C14H24N4. The first kappa shape index (κ1) is 13.4. The van der Waals surface area contributed by atoms with Crippen molar-refractivity contribution < 1.29 is 0 Å². The minimum Gasteiger partial charge on any atom is -0.321 e. The van der Waals surface area contributed by atoms with E-state index in [0.717, 1.165) is 31.6 Å². The normalized spacial score (nSPS) is 19.1. The molecule has 0 aromatic carbocycles. The smallest absolute Gasteiger partial charge is 0.0772 e. The van der Waals surface area contributed by atoms with Crippen LogP contribution >= 0.6 is 0 Å². The van der Waals surface area contributed by atoms with Crippen LogP contribution < -0.4 is 5.73 Å². The van der Waals surface area contributed by atoms with Gasteiger partial charge in [-0.3, -0.25) is 14.9 Å². The monoisotopic (exact) mass is 248 g/mol. The van der Waals surface area contributed by atoms with E-state index in [1.165, 1.54) is 12.8 Å². The molecule has 1 aliphatic heterocycles. The molecular weight excluding hydrogens is 224 g/mol. The van der Waals surface area contributed by atoms with Crippen LogP contribution in [-0.4, -0.2) is 33.5 Å². The van der Waals surface area contributed by atoms with Crippen LogP contribution in [0.2, 0.25) is 0 Å². The van der Waals surface area contributed by atoms with Gasteiger partial charge in [0.25, 0.3) is 0 Å². The Labute approximate surface area is 110 Å². The Morgan fingerprint density at radius 2 is 1.94 bits per heavy atom. The Hall–Kier alpha value is -1.00. The van der Waals surface area contributed by atoms with Gasteiger partial charge in [0.1, 0.15) is 0 Å². The molecule has 1 atom stereocenters. The highest BCUT2D eigenvalue weighted by atomic mass is 15.2. The van der Waals surface area contributed by atoms with E-state index in [2.05, 4.69) is 28.7 Å². The second-order valence-electron chi connectivity index (χ2n) is 5.11. The van der Waals surface area contributed by atoms with Crippen molar-refractivity contribution in [2.45, 2.75) is 51.1 Å². The number of hydrogen-bond donors (Lipinski definition) is 1. The summed E-state index contributed by atoms with van der Waals surface area (Å²) in [6.07, 6.45) is 9.92. The van der Waals surface area contributed by atoms with Crippen LogP contribution in [-0.2, 0) is 0 Å². The summed E-state index contributed by atoms with van der Waals surface area (Å²) in [5.74, 6) is 0. The van der Waals surface area contributed by atoms with Gasteiger partial charge in [-0.25, -0.2) is 0 Å². The highest BCUT2D eigenvalue weighted by Crippen LogP contribution is 2.37. The lowest BCUT2D eigenvalue weighted by Crippen LogP contribution is -2.54. The van der Waals surface area contributed by atoms with Crippen molar-refractivity contribution in [2.24, 2.45) is 5.73 Å². The Kier molecular flexibility index (Phi) is 4.30. The molecule has 2 rings (SSSR count). The molecule has 1 aromatic rings. The minimum absolute atomic E-state index is 0.0343. The summed E-state index contributed by atoms with van der Waals surface area (Å²) in [4.78, 5) is 11.1. The second kappa shape index (κ2) is 5.76. The van der Waals surface area contributed by atoms with Crippen LogP contribution in [0.3, 0.4) is 0 Å². The van der Waals surface area contributed by atoms with E-state index < -0.39 is 0 Å². The molecule has 100 valence electrons. The topological polar surface area (TPSA) is 55.0 Å². The second-order valence-corrected chi connectivity index (χ2v) is 5.11. The molecule has 2 heterocycles. The van der Waals surface area contributed by atoms with E-state index in [1.807, 2.05) is 0 Å². The average Bonchev–Trinajstić information content (AvgIpc) is 2.96. The molecule has 0 amide bonds. The Balaban J connectivity index is 2.28. The quantitative estimate of drug-likeness (QED) is 0.867. The van der Waals surface area contributed by atoms with Gasteiger partial charge in [0.2, 0.25) is 0 Å². The van der Waals surface area contributed by atoms with Crippen molar-refractivity contribution in [1.82, 2.24) is 14.9 Å². The maximum Gasteiger partial charge on any atom is 0.0772 e. The maximum absolute atomic E-state index is 6.53. The molecule has 1 unspecified atom stereocenters. The number of hydrogen-bond acceptors (Lipinski definition) is 4. The summed E-state index contributed by atoms with van der Waals surface area (Å²) in [6, 6.07) is -0.0562. The fourth-order valence-electron chi connectivity index (χ4n) is 3.24. The van der Waals surface area contributed by atoms with Crippen molar-refractivity contribution >= 4 is 0 Å². The van der Waals surface area contributed by atoms with Crippen LogP contribution in [0.1, 0.15) is 51.3 Å². The minimum atomic E-state index is -0.0562. The molecule has 0 saturated carbocycles. The van der Waals surface area contributed by atoms with Gasteiger partial charge in [-0.15, -0.1) is 0 Å². The molecule has 0 spiro atoms. The standard InChI is InChI=1S/C14H24N4/c1-3-14(4-2,18-9-5-6-10-18)13(15)12-11-16-7-8-17-12/h7-8,11,13H,3-6,9-10,15H2,1-2H3. The van der Waals surface area contributed by atoms with Crippen LogP contribution in [0.15, 0.2) is 18.6 Å². The fourth-order valence-corrected chi connectivity index (χ4v) is 3.24. The first-order valence-corrected chi connectivity index (χ1v) is 7.01. The summed E-state index contributed by atoms with van der Waals surface area (Å²) in [6.45, 7) is 6.79. The highest BCUT2D eigenvalue weighted by Gasteiger charge is 2.41. The van der Waals surface area contributed by atoms with Gasteiger partial charge in [-0.2, -0.15) is 0 Å². The number of aromatic nitrogens is 2. The van der Waals surface area contributed by atoms with E-state index in [4.69, 9.17) is 5.73 Å². The van der Waals surface area contributed by atoms with E-state index >= 15 is 0 Å². The summed E-state index contributed by atoms with van der Waals surface area (Å²) in [7, 11) is 0. The zero-order valence-corrected chi connectivity index (χ0v) is 11.5. The largest absolute Gasteiger partial charge is 0.321 e. The van der Waals surface area contributed by atoms with Gasteiger partial charge >= 0.3 is 0 Å². The first-order valence-electron chi connectivity index (χ1n) is 7.01. The molecule has 2 N–H and O–H groups in total. The highest BCUT2D eigenvalue weighted by molar-refractivity contribution is 5.12. The molecule has 1 fully saturated rings. The van der Waals surface area contributed by atoms with Crippen molar-refractivity contribution in [3.8, 4) is 0 Å². The average molecular weight is 248 g/mol. The number of rotatable bonds is 5. The van der Waals surface area contributed by atoms with E-state index in [1.54, 1.807) is 18.6 Å². The van der Waals surface area contributed by atoms with E-state index in [9.17, 15) is 0 Å². The van der Waals surface area contributed by atoms with Crippen molar-refractivity contribution in [1.29, 1.82) is 0 Å². The molecule has 18 heavy (non-hydrogen) atoms. The Bertz CT molecular complexity index is 355. The lowest BCUT2D eigenvalue weighted by atomic mass is 9.81. The predicted molar refractivity (Wildman–Crippen MR) is 73.1 cm³/mol. The van der Waals surface area contributed by atoms with Gasteiger partial charge in [0.15, 0.2) is 0 Å². The molecule has 1 aromatic heterocycles. The Morgan fingerprint density at radius 1 is 1.28 bits per heavy atom. The molecule has 1 saturated heterocycles. The van der Waals surface area contributed by atoms with Gasteiger partial charge in [-0.05, 0) is 38.8 Å². The summed E-state index contributed by atoms with van der Waals surface area (Å²) in [5, 5.41) is 0. The summed E-state index contributed by atoms with van der Waals surface area (Å²) < 4.78 is 0. The van der Waals surface area contributed by atoms with Crippen LogP contribution in [0.5, 0.6) is 0 Å². The molecule has 0 aliphatic carbocycles. The number of nitrogens with zero attached hydrogens (tertiary/aromatic N) is 3. The third-order valence-corrected chi connectivity index (χ3v) is 4.44. The number of likely N-dealkylation sites (tertiary alicyclic amines) is 1. The van der Waals surface area contributed by atoms with E-state index in [-0.39, 0.29) is 11.6 Å². The zero-order valence-electron chi connectivity index (χ0n) is 11.5. The van der Waals surface area contributed by atoms with Crippen LogP contribution in [0.4, 0.5) is 0 Å². The zero-order chi connectivity index (χ0) is 13.0. The van der Waals surface area contributed by atoms with Crippen LogP contribution in [0.25, 0.3) is 0 Å². The summed E-state index contributed by atoms with van der Waals surface area (Å²) in [5.41, 5.74) is 7.48. The predicted octanol–water partition coefficient (Wildman–Crippen LogP) is 2.13. The SMILES string of the molecule is CCC(CC)(C(N)c1cnccn1)N1CCCC1. The first-order chi connectivity index (χ1) is 8.74. The molecule has 1 aliphatic rings. The third-order valence-electron chi connectivity index (χ3n) is 4.44. The van der Waals surface area contributed by atoms with Crippen molar-refractivity contribution in [2.75, 3.05) is 13.1 Å². The van der Waals surface area contributed by atoms with E-state index in [0.29, 0.717) is 0 Å². The van der Waals surface area contributed by atoms with Crippen molar-refractivity contribution in [3.05, 3.63) is 24.3 Å². The molecule has 0 radical (unpaired) electrons.